The number of carbonyl (C=O) groups is 4. The predicted molar refractivity (Wildman–Crippen MR) is 65.2 cm³/mol. The first-order valence-electron chi connectivity index (χ1n) is 6.21. The summed E-state index contributed by atoms with van der Waals surface area (Å²) in [5, 5.41) is 18.9. The highest BCUT2D eigenvalue weighted by atomic mass is 16.7. The summed E-state index contributed by atoms with van der Waals surface area (Å²) in [6, 6.07) is 0. The Balaban J connectivity index is 3.18. The number of carbonyl (C=O) groups excluding carboxylic acids is 3. The number of carboxylic acids is 1. The molecule has 5 atom stereocenters. The molecule has 0 aromatic rings. The molecule has 0 radical (unpaired) electrons. The molecule has 10 heteroatoms. The molecule has 0 spiro atoms. The van der Waals surface area contributed by atoms with Gasteiger partial charge in [0.25, 0.3) is 0 Å². The molecule has 1 heterocycles. The smallest absolute Gasteiger partial charge is 0.337 e. The van der Waals surface area contributed by atoms with Crippen LogP contribution >= 0.6 is 0 Å². The normalized spacial score (nSPS) is 31.0. The van der Waals surface area contributed by atoms with Crippen molar-refractivity contribution in [3.8, 4) is 0 Å². The van der Waals surface area contributed by atoms with Crippen LogP contribution in [0.25, 0.3) is 0 Å². The van der Waals surface area contributed by atoms with Crippen molar-refractivity contribution in [3.05, 3.63) is 0 Å². The summed E-state index contributed by atoms with van der Waals surface area (Å²) in [6.07, 6.45) is -8.33. The van der Waals surface area contributed by atoms with Crippen molar-refractivity contribution in [2.45, 2.75) is 51.5 Å². The first kappa shape index (κ1) is 17.9. The van der Waals surface area contributed by atoms with Gasteiger partial charge in [0, 0.05) is 20.8 Å². The molecule has 10 nitrogen and oxygen atoms in total. The van der Waals surface area contributed by atoms with E-state index in [0.717, 1.165) is 20.8 Å². The van der Waals surface area contributed by atoms with Gasteiger partial charge in [-0.1, -0.05) is 0 Å². The number of hydrogen-bond acceptors (Lipinski definition) is 9. The number of ether oxygens (including phenoxy) is 4. The lowest BCUT2D eigenvalue weighted by Gasteiger charge is -2.41. The monoisotopic (exact) mass is 320 g/mol. The van der Waals surface area contributed by atoms with Gasteiger partial charge in [-0.2, -0.15) is 0 Å². The van der Waals surface area contributed by atoms with Crippen LogP contribution in [0.5, 0.6) is 0 Å². The van der Waals surface area contributed by atoms with E-state index in [0.29, 0.717) is 0 Å². The molecule has 0 aliphatic carbocycles. The van der Waals surface area contributed by atoms with Gasteiger partial charge in [0.1, 0.15) is 0 Å². The molecule has 1 aliphatic heterocycles. The van der Waals surface area contributed by atoms with E-state index in [-0.39, 0.29) is 0 Å². The van der Waals surface area contributed by atoms with Gasteiger partial charge in [-0.3, -0.25) is 14.4 Å². The van der Waals surface area contributed by atoms with Gasteiger partial charge < -0.3 is 29.2 Å². The SMILES string of the molecule is CC(=O)O[C@@H]1[C@@H](OC(C)=O)[C@H](O)O[C@H](C(=O)O)[C@@H]1OC(C)=O. The molecule has 0 amide bonds. The zero-order valence-corrected chi connectivity index (χ0v) is 12.0. The van der Waals surface area contributed by atoms with Crippen molar-refractivity contribution >= 4 is 23.9 Å². The van der Waals surface area contributed by atoms with Gasteiger partial charge in [-0.25, -0.2) is 4.79 Å². The number of esters is 3. The van der Waals surface area contributed by atoms with Gasteiger partial charge in [-0.15, -0.1) is 0 Å². The summed E-state index contributed by atoms with van der Waals surface area (Å²) in [5.41, 5.74) is 0. The van der Waals surface area contributed by atoms with Gasteiger partial charge >= 0.3 is 23.9 Å². The van der Waals surface area contributed by atoms with E-state index in [1.54, 1.807) is 0 Å². The summed E-state index contributed by atoms with van der Waals surface area (Å²) < 4.78 is 19.3. The Morgan fingerprint density at radius 3 is 1.64 bits per heavy atom. The fourth-order valence-electron chi connectivity index (χ4n) is 1.99. The van der Waals surface area contributed by atoms with Crippen molar-refractivity contribution in [3.63, 3.8) is 0 Å². The number of hydrogen-bond donors (Lipinski definition) is 2. The lowest BCUT2D eigenvalue weighted by molar-refractivity contribution is -0.289. The molecule has 2 N–H and O–H groups in total. The van der Waals surface area contributed by atoms with Crippen molar-refractivity contribution < 1.29 is 48.3 Å². The third-order valence-electron chi connectivity index (χ3n) is 2.66. The molecular weight excluding hydrogens is 304 g/mol. The minimum absolute atomic E-state index is 0.833. The minimum atomic E-state index is -1.87. The van der Waals surface area contributed by atoms with Crippen LogP contribution in [0, 0.1) is 0 Å². The standard InChI is InChI=1S/C12H16O10/c1-4(13)19-7-8(20-5(2)14)10(21-6(3)15)12(18)22-9(7)11(16)17/h7-10,12,18H,1-3H3,(H,16,17)/t7-,8+,9+,10-,12-/m1/s1. The van der Waals surface area contributed by atoms with E-state index in [1.807, 2.05) is 0 Å². The summed E-state index contributed by atoms with van der Waals surface area (Å²) in [4.78, 5) is 44.6. The fraction of sp³-hybridized carbons (Fsp3) is 0.667. The van der Waals surface area contributed by atoms with E-state index in [9.17, 15) is 24.3 Å². The molecule has 0 aromatic carbocycles. The molecule has 0 unspecified atom stereocenters. The van der Waals surface area contributed by atoms with Crippen LogP contribution in [0.3, 0.4) is 0 Å². The highest BCUT2D eigenvalue weighted by Crippen LogP contribution is 2.27. The summed E-state index contributed by atoms with van der Waals surface area (Å²) >= 11 is 0. The Morgan fingerprint density at radius 2 is 1.23 bits per heavy atom. The molecule has 0 saturated carbocycles. The Hall–Kier alpha value is -2.20. The number of aliphatic hydroxyl groups excluding tert-OH is 1. The lowest BCUT2D eigenvalue weighted by atomic mass is 9.98. The molecule has 22 heavy (non-hydrogen) atoms. The Kier molecular flexibility index (Phi) is 5.83. The topological polar surface area (TPSA) is 146 Å². The largest absolute Gasteiger partial charge is 0.479 e. The van der Waals surface area contributed by atoms with Crippen LogP contribution in [0.4, 0.5) is 0 Å². The van der Waals surface area contributed by atoms with Gasteiger partial charge in [-0.05, 0) is 0 Å². The predicted octanol–water partition coefficient (Wildman–Crippen LogP) is -1.42. The zero-order chi connectivity index (χ0) is 17.0. The van der Waals surface area contributed by atoms with Crippen molar-refractivity contribution in [1.29, 1.82) is 0 Å². The van der Waals surface area contributed by atoms with Crippen LogP contribution in [0.1, 0.15) is 20.8 Å². The van der Waals surface area contributed by atoms with Crippen LogP contribution < -0.4 is 0 Å². The molecule has 1 saturated heterocycles. The Labute approximate surface area is 124 Å². The highest BCUT2D eigenvalue weighted by molar-refractivity contribution is 5.75. The molecular formula is C12H16O10. The fourth-order valence-corrected chi connectivity index (χ4v) is 1.99. The molecule has 0 aromatic heterocycles. The molecule has 1 aliphatic rings. The maximum absolute atomic E-state index is 11.2. The maximum Gasteiger partial charge on any atom is 0.337 e. The average Bonchev–Trinajstić information content (AvgIpc) is 2.34. The van der Waals surface area contributed by atoms with Gasteiger partial charge in [0.05, 0.1) is 0 Å². The summed E-state index contributed by atoms with van der Waals surface area (Å²) in [6.45, 7) is 3.06. The van der Waals surface area contributed by atoms with Crippen LogP contribution in [-0.2, 0) is 38.1 Å². The number of aliphatic hydroxyl groups is 1. The quantitative estimate of drug-likeness (QED) is 0.467. The third kappa shape index (κ3) is 4.40. The van der Waals surface area contributed by atoms with Gasteiger partial charge in [0.15, 0.2) is 30.7 Å². The average molecular weight is 320 g/mol. The number of carboxylic acid groups (broad SMARTS) is 1. The lowest BCUT2D eigenvalue weighted by Crippen LogP contribution is -2.63. The van der Waals surface area contributed by atoms with E-state index in [2.05, 4.69) is 0 Å². The Morgan fingerprint density at radius 1 is 0.818 bits per heavy atom. The second kappa shape index (κ2) is 7.18. The number of rotatable bonds is 4. The van der Waals surface area contributed by atoms with E-state index in [4.69, 9.17) is 24.1 Å². The maximum atomic E-state index is 11.2. The molecule has 0 bridgehead atoms. The molecule has 1 fully saturated rings. The molecule has 124 valence electrons. The van der Waals surface area contributed by atoms with E-state index in [1.165, 1.54) is 0 Å². The van der Waals surface area contributed by atoms with Gasteiger partial charge in [0.2, 0.25) is 0 Å². The Bertz CT molecular complexity index is 473. The summed E-state index contributed by atoms with van der Waals surface area (Å²) in [5.74, 6) is -4.10. The first-order chi connectivity index (χ1) is 10.1. The van der Waals surface area contributed by atoms with Crippen LogP contribution in [0.15, 0.2) is 0 Å². The zero-order valence-electron chi connectivity index (χ0n) is 12.0. The van der Waals surface area contributed by atoms with E-state index < -0.39 is 54.6 Å². The van der Waals surface area contributed by atoms with E-state index >= 15 is 0 Å². The van der Waals surface area contributed by atoms with Crippen molar-refractivity contribution in [1.82, 2.24) is 0 Å². The van der Waals surface area contributed by atoms with Crippen LogP contribution in [0.2, 0.25) is 0 Å². The van der Waals surface area contributed by atoms with Crippen molar-refractivity contribution in [2.24, 2.45) is 0 Å². The third-order valence-corrected chi connectivity index (χ3v) is 2.66. The molecule has 1 rings (SSSR count). The second-order valence-electron chi connectivity index (χ2n) is 4.51. The number of aliphatic carboxylic acids is 1. The summed E-state index contributed by atoms with van der Waals surface area (Å²) in [7, 11) is 0. The van der Waals surface area contributed by atoms with Crippen molar-refractivity contribution in [2.75, 3.05) is 0 Å². The first-order valence-corrected chi connectivity index (χ1v) is 6.21. The van der Waals surface area contributed by atoms with Crippen LogP contribution in [-0.4, -0.2) is 64.8 Å². The second-order valence-corrected chi connectivity index (χ2v) is 4.51. The highest BCUT2D eigenvalue weighted by Gasteiger charge is 2.53. The minimum Gasteiger partial charge on any atom is -0.479 e.